The molecule has 17 heavy (non-hydrogen) atoms. The van der Waals surface area contributed by atoms with Crippen LogP contribution in [0.25, 0.3) is 0 Å². The molecule has 6 nitrogen and oxygen atoms in total. The second-order valence-corrected chi connectivity index (χ2v) is 3.67. The van der Waals surface area contributed by atoms with Crippen LogP contribution in [0.2, 0.25) is 0 Å². The van der Waals surface area contributed by atoms with Crippen LogP contribution in [0.4, 0.5) is 10.5 Å². The van der Waals surface area contributed by atoms with Gasteiger partial charge < -0.3 is 10.1 Å². The highest BCUT2D eigenvalue weighted by Gasteiger charge is 2.10. The normalized spacial score (nSPS) is 11.6. The molecule has 1 aromatic carbocycles. The number of nitrogens with one attached hydrogen (secondary N) is 1. The molecule has 0 spiro atoms. The Morgan fingerprint density at radius 2 is 2.29 bits per heavy atom. The first-order chi connectivity index (χ1) is 8.02. The first-order valence-corrected chi connectivity index (χ1v) is 5.10. The van der Waals surface area contributed by atoms with Crippen LogP contribution < -0.4 is 5.32 Å². The Bertz CT molecular complexity index is 420. The lowest BCUT2D eigenvalue weighted by Crippen LogP contribution is -2.33. The third-order valence-corrected chi connectivity index (χ3v) is 2.21. The molecule has 0 aliphatic carbocycles. The molecule has 0 saturated carbocycles. The van der Waals surface area contributed by atoms with Crippen molar-refractivity contribution in [1.82, 2.24) is 5.32 Å². The third-order valence-electron chi connectivity index (χ3n) is 2.21. The van der Waals surface area contributed by atoms with Crippen LogP contribution in [0.15, 0.2) is 24.3 Å². The van der Waals surface area contributed by atoms with Gasteiger partial charge in [0.1, 0.15) is 0 Å². The van der Waals surface area contributed by atoms with E-state index in [0.29, 0.717) is 6.42 Å². The number of rotatable bonds is 4. The Balaban J connectivity index is 2.65. The van der Waals surface area contributed by atoms with E-state index < -0.39 is 11.0 Å². The van der Waals surface area contributed by atoms with Crippen LogP contribution >= 0.6 is 0 Å². The summed E-state index contributed by atoms with van der Waals surface area (Å²) in [7, 11) is 1.29. The number of benzene rings is 1. The highest BCUT2D eigenvalue weighted by Crippen LogP contribution is 2.14. The summed E-state index contributed by atoms with van der Waals surface area (Å²) in [4.78, 5) is 21.1. The topological polar surface area (TPSA) is 81.5 Å². The fourth-order valence-electron chi connectivity index (χ4n) is 1.46. The van der Waals surface area contributed by atoms with Crippen LogP contribution in [0, 0.1) is 10.1 Å². The Morgan fingerprint density at radius 1 is 1.59 bits per heavy atom. The molecule has 1 N–H and O–H groups in total. The number of ether oxygens (including phenoxy) is 1. The number of hydrogen-bond donors (Lipinski definition) is 1. The van der Waals surface area contributed by atoms with Gasteiger partial charge in [0.2, 0.25) is 0 Å². The first-order valence-electron chi connectivity index (χ1n) is 5.10. The Kier molecular flexibility index (Phi) is 4.45. The predicted molar refractivity (Wildman–Crippen MR) is 61.8 cm³/mol. The average Bonchev–Trinajstić information content (AvgIpc) is 2.28. The zero-order valence-electron chi connectivity index (χ0n) is 9.67. The quantitative estimate of drug-likeness (QED) is 0.641. The molecule has 0 radical (unpaired) electrons. The Morgan fingerprint density at radius 3 is 2.88 bits per heavy atom. The zero-order valence-corrected chi connectivity index (χ0v) is 9.67. The Labute approximate surface area is 98.7 Å². The van der Waals surface area contributed by atoms with Crippen molar-refractivity contribution >= 4 is 11.8 Å². The summed E-state index contributed by atoms with van der Waals surface area (Å²) in [6.45, 7) is 1.80. The van der Waals surface area contributed by atoms with E-state index in [4.69, 9.17) is 0 Å². The van der Waals surface area contributed by atoms with E-state index in [2.05, 4.69) is 10.1 Å². The lowest BCUT2D eigenvalue weighted by Gasteiger charge is -2.12. The number of nitrogens with zero attached hydrogens (tertiary/aromatic N) is 1. The van der Waals surface area contributed by atoms with Gasteiger partial charge in [0.05, 0.1) is 12.0 Å². The minimum atomic E-state index is -0.511. The van der Waals surface area contributed by atoms with Gasteiger partial charge in [0.25, 0.3) is 5.69 Å². The van der Waals surface area contributed by atoms with Crippen molar-refractivity contribution in [2.45, 2.75) is 19.4 Å². The number of nitro groups is 1. The molecular weight excluding hydrogens is 224 g/mol. The molecule has 1 unspecified atom stereocenters. The minimum Gasteiger partial charge on any atom is -0.453 e. The van der Waals surface area contributed by atoms with Gasteiger partial charge in [-0.3, -0.25) is 10.1 Å². The minimum absolute atomic E-state index is 0.0489. The maximum Gasteiger partial charge on any atom is 0.407 e. The summed E-state index contributed by atoms with van der Waals surface area (Å²) < 4.78 is 4.46. The molecule has 92 valence electrons. The highest BCUT2D eigenvalue weighted by atomic mass is 16.6. The smallest absolute Gasteiger partial charge is 0.407 e. The monoisotopic (exact) mass is 238 g/mol. The summed E-state index contributed by atoms with van der Waals surface area (Å²) in [6, 6.07) is 6.18. The van der Waals surface area contributed by atoms with Gasteiger partial charge in [0.15, 0.2) is 0 Å². The lowest BCUT2D eigenvalue weighted by molar-refractivity contribution is -0.384. The SMILES string of the molecule is COC(=O)NC(C)Cc1cccc([N+](=O)[O-])c1. The van der Waals surface area contributed by atoms with Crippen molar-refractivity contribution in [1.29, 1.82) is 0 Å². The fraction of sp³-hybridized carbons (Fsp3) is 0.364. The molecule has 0 aliphatic heterocycles. The first kappa shape index (κ1) is 13.0. The summed E-state index contributed by atoms with van der Waals surface area (Å²) in [5, 5.41) is 13.2. The summed E-state index contributed by atoms with van der Waals surface area (Å²) >= 11 is 0. The molecule has 1 aromatic rings. The van der Waals surface area contributed by atoms with Crippen molar-refractivity contribution in [3.63, 3.8) is 0 Å². The molecule has 0 aliphatic rings. The molecule has 0 bridgehead atoms. The van der Waals surface area contributed by atoms with Gasteiger partial charge in [-0.05, 0) is 18.9 Å². The largest absolute Gasteiger partial charge is 0.453 e. The zero-order chi connectivity index (χ0) is 12.8. The van der Waals surface area contributed by atoms with Crippen LogP contribution in [0.3, 0.4) is 0 Å². The standard InChI is InChI=1S/C11H14N2O4/c1-8(12-11(14)17-2)6-9-4-3-5-10(7-9)13(15)16/h3-5,7-8H,6H2,1-2H3,(H,12,14). The van der Waals surface area contributed by atoms with Gasteiger partial charge in [-0.2, -0.15) is 0 Å². The highest BCUT2D eigenvalue weighted by molar-refractivity contribution is 5.67. The number of nitro benzene ring substituents is 1. The van der Waals surface area contributed by atoms with Gasteiger partial charge in [-0.1, -0.05) is 12.1 Å². The maximum absolute atomic E-state index is 10.9. The summed E-state index contributed by atoms with van der Waals surface area (Å²) in [5.41, 5.74) is 0.843. The molecule has 0 heterocycles. The van der Waals surface area contributed by atoms with Crippen molar-refractivity contribution in [3.8, 4) is 0 Å². The van der Waals surface area contributed by atoms with Gasteiger partial charge >= 0.3 is 6.09 Å². The maximum atomic E-state index is 10.9. The average molecular weight is 238 g/mol. The van der Waals surface area contributed by atoms with E-state index in [1.54, 1.807) is 19.1 Å². The van der Waals surface area contributed by atoms with E-state index in [1.807, 2.05) is 0 Å². The van der Waals surface area contributed by atoms with E-state index in [0.717, 1.165) is 5.56 Å². The number of carbonyl (C=O) groups excluding carboxylic acids is 1. The molecule has 1 rings (SSSR count). The van der Waals surface area contributed by atoms with E-state index in [1.165, 1.54) is 19.2 Å². The van der Waals surface area contributed by atoms with E-state index in [9.17, 15) is 14.9 Å². The summed E-state index contributed by atoms with van der Waals surface area (Å²) in [5.74, 6) is 0. The second-order valence-electron chi connectivity index (χ2n) is 3.67. The Hall–Kier alpha value is -2.11. The van der Waals surface area contributed by atoms with Crippen LogP contribution in [0.5, 0.6) is 0 Å². The lowest BCUT2D eigenvalue weighted by atomic mass is 10.1. The number of hydrogen-bond acceptors (Lipinski definition) is 4. The number of amides is 1. The molecule has 1 atom stereocenters. The van der Waals surface area contributed by atoms with Crippen molar-refractivity contribution < 1.29 is 14.5 Å². The molecular formula is C11H14N2O4. The van der Waals surface area contributed by atoms with Gasteiger partial charge in [-0.25, -0.2) is 4.79 Å². The van der Waals surface area contributed by atoms with E-state index in [-0.39, 0.29) is 11.7 Å². The van der Waals surface area contributed by atoms with Crippen LogP contribution in [-0.4, -0.2) is 24.2 Å². The predicted octanol–water partition coefficient (Wildman–Crippen LogP) is 1.88. The third kappa shape index (κ3) is 4.10. The number of methoxy groups -OCH3 is 1. The molecule has 0 aromatic heterocycles. The fourth-order valence-corrected chi connectivity index (χ4v) is 1.46. The number of alkyl carbamates (subject to hydrolysis) is 1. The van der Waals surface area contributed by atoms with Gasteiger partial charge in [0, 0.05) is 18.2 Å². The van der Waals surface area contributed by atoms with Gasteiger partial charge in [-0.15, -0.1) is 0 Å². The number of carbonyl (C=O) groups is 1. The molecule has 6 heteroatoms. The van der Waals surface area contributed by atoms with Crippen molar-refractivity contribution in [2.75, 3.05) is 7.11 Å². The molecule has 0 saturated heterocycles. The van der Waals surface area contributed by atoms with Crippen LogP contribution in [-0.2, 0) is 11.2 Å². The second kappa shape index (κ2) is 5.83. The van der Waals surface area contributed by atoms with Crippen molar-refractivity contribution in [2.24, 2.45) is 0 Å². The number of non-ortho nitro benzene ring substituents is 1. The molecule has 0 fully saturated rings. The summed E-state index contributed by atoms with van der Waals surface area (Å²) in [6.07, 6.45) is -0.000481. The van der Waals surface area contributed by atoms with E-state index >= 15 is 0 Å². The van der Waals surface area contributed by atoms with Crippen molar-refractivity contribution in [3.05, 3.63) is 39.9 Å². The molecule has 1 amide bonds. The van der Waals surface area contributed by atoms with Crippen LogP contribution in [0.1, 0.15) is 12.5 Å².